The maximum atomic E-state index is 15.0. The second-order valence-electron chi connectivity index (χ2n) is 13.1. The largest absolute Gasteiger partial charge is 0.489 e. The molecule has 4 atom stereocenters. The van der Waals surface area contributed by atoms with Crippen molar-refractivity contribution in [3.63, 3.8) is 0 Å². The normalized spacial score (nSPS) is 29.9. The van der Waals surface area contributed by atoms with Crippen LogP contribution in [0.5, 0.6) is 0 Å². The second-order valence-corrected chi connectivity index (χ2v) is 13.1. The van der Waals surface area contributed by atoms with Gasteiger partial charge in [-0.15, -0.1) is 0 Å². The lowest BCUT2D eigenvalue weighted by molar-refractivity contribution is -0.168. The average Bonchev–Trinajstić information content (AvgIpc) is 3.30. The molecule has 3 aliphatic rings. The van der Waals surface area contributed by atoms with Crippen molar-refractivity contribution >= 4 is 17.3 Å². The van der Waals surface area contributed by atoms with Crippen LogP contribution in [0.4, 0.5) is 0 Å². The Bertz CT molecular complexity index is 1250. The first-order chi connectivity index (χ1) is 17.6. The molecule has 1 aromatic carbocycles. The minimum absolute atomic E-state index is 0.129. The Morgan fingerprint density at radius 1 is 1.05 bits per heavy atom. The molecule has 5 nitrogen and oxygen atoms in total. The summed E-state index contributed by atoms with van der Waals surface area (Å²) in [5.74, 6) is -0.867. The lowest BCUT2D eigenvalue weighted by Crippen LogP contribution is -2.68. The summed E-state index contributed by atoms with van der Waals surface area (Å²) in [5.41, 5.74) is -2.01. The van der Waals surface area contributed by atoms with Gasteiger partial charge in [0.05, 0.1) is 5.60 Å². The third-order valence-electron chi connectivity index (χ3n) is 9.26. The van der Waals surface area contributed by atoms with Crippen molar-refractivity contribution in [2.75, 3.05) is 0 Å². The highest BCUT2D eigenvalue weighted by Crippen LogP contribution is 2.68. The lowest BCUT2D eigenvalue weighted by atomic mass is 9.39. The Hall–Kier alpha value is -2.79. The van der Waals surface area contributed by atoms with Gasteiger partial charge in [0.15, 0.2) is 22.8 Å². The smallest absolute Gasteiger partial charge is 0.184 e. The highest BCUT2D eigenvalue weighted by Gasteiger charge is 2.75. The number of benzene rings is 1. The van der Waals surface area contributed by atoms with Gasteiger partial charge in [0.2, 0.25) is 0 Å². The van der Waals surface area contributed by atoms with Crippen LogP contribution in [-0.4, -0.2) is 34.2 Å². The third kappa shape index (κ3) is 4.05. The van der Waals surface area contributed by atoms with Gasteiger partial charge in [0.1, 0.15) is 17.3 Å². The number of allylic oxidation sites excluding steroid dienone is 5. The van der Waals surface area contributed by atoms with Gasteiger partial charge in [0.25, 0.3) is 0 Å². The van der Waals surface area contributed by atoms with Crippen molar-refractivity contribution < 1.29 is 24.2 Å². The Labute approximate surface area is 227 Å². The number of fused-ring (bicyclic) bond motifs is 3. The summed E-state index contributed by atoms with van der Waals surface area (Å²) < 4.78 is 6.35. The van der Waals surface area contributed by atoms with Gasteiger partial charge in [-0.25, -0.2) is 0 Å². The van der Waals surface area contributed by atoms with E-state index in [0.717, 1.165) is 11.1 Å². The van der Waals surface area contributed by atoms with Crippen LogP contribution >= 0.6 is 0 Å². The molecule has 204 valence electrons. The van der Waals surface area contributed by atoms with Crippen LogP contribution < -0.4 is 0 Å². The molecular formula is C33H42O5. The molecule has 1 fully saturated rings. The molecule has 2 aliphatic carbocycles. The van der Waals surface area contributed by atoms with Crippen molar-refractivity contribution in [2.45, 2.75) is 92.8 Å². The fourth-order valence-corrected chi connectivity index (χ4v) is 6.75. The van der Waals surface area contributed by atoms with Crippen LogP contribution in [0.3, 0.4) is 0 Å². The van der Waals surface area contributed by atoms with Gasteiger partial charge in [-0.05, 0) is 72.1 Å². The predicted octanol–water partition coefficient (Wildman–Crippen LogP) is 6.57. The molecule has 0 unspecified atom stereocenters. The fraction of sp³-hybridized carbons (Fsp3) is 0.545. The zero-order valence-electron chi connectivity index (χ0n) is 24.1. The van der Waals surface area contributed by atoms with Gasteiger partial charge in [0, 0.05) is 17.6 Å². The first-order valence-electron chi connectivity index (χ1n) is 13.7. The third-order valence-corrected chi connectivity index (χ3v) is 9.26. The maximum Gasteiger partial charge on any atom is 0.184 e. The molecule has 1 N–H and O–H groups in total. The number of ether oxygens (including phenoxy) is 1. The maximum absolute atomic E-state index is 15.0. The zero-order chi connectivity index (χ0) is 28.3. The molecule has 0 radical (unpaired) electrons. The Balaban J connectivity index is 2.06. The molecule has 5 heteroatoms. The first kappa shape index (κ1) is 28.2. The molecule has 1 saturated carbocycles. The van der Waals surface area contributed by atoms with Crippen LogP contribution in [0.1, 0.15) is 91.4 Å². The summed E-state index contributed by atoms with van der Waals surface area (Å²) in [6, 6.07) is 8.87. The van der Waals surface area contributed by atoms with E-state index in [-0.39, 0.29) is 48.3 Å². The molecule has 0 aromatic heterocycles. The van der Waals surface area contributed by atoms with E-state index in [1.807, 2.05) is 53.7 Å². The van der Waals surface area contributed by atoms with Crippen molar-refractivity contribution in [2.24, 2.45) is 22.2 Å². The number of carbonyl (C=O) groups excluding carboxylic acids is 3. The minimum atomic E-state index is -1.62. The minimum Gasteiger partial charge on any atom is -0.489 e. The monoisotopic (exact) mass is 518 g/mol. The van der Waals surface area contributed by atoms with E-state index in [1.165, 1.54) is 0 Å². The van der Waals surface area contributed by atoms with E-state index in [9.17, 15) is 14.7 Å². The van der Waals surface area contributed by atoms with Gasteiger partial charge in [-0.2, -0.15) is 0 Å². The summed E-state index contributed by atoms with van der Waals surface area (Å²) in [7, 11) is 0. The number of hydrogen-bond acceptors (Lipinski definition) is 5. The van der Waals surface area contributed by atoms with Gasteiger partial charge in [-0.1, -0.05) is 67.5 Å². The van der Waals surface area contributed by atoms with Crippen molar-refractivity contribution in [3.05, 3.63) is 70.5 Å². The first-order valence-corrected chi connectivity index (χ1v) is 13.7. The fourth-order valence-electron chi connectivity index (χ4n) is 6.75. The molecule has 1 aromatic rings. The summed E-state index contributed by atoms with van der Waals surface area (Å²) >= 11 is 0. The van der Waals surface area contributed by atoms with E-state index in [0.29, 0.717) is 17.6 Å². The highest BCUT2D eigenvalue weighted by molar-refractivity contribution is 6.30. The van der Waals surface area contributed by atoms with Crippen molar-refractivity contribution in [1.29, 1.82) is 0 Å². The summed E-state index contributed by atoms with van der Waals surface area (Å²) in [5, 5.41) is 10.9. The van der Waals surface area contributed by atoms with Crippen molar-refractivity contribution in [1.82, 2.24) is 0 Å². The molecule has 0 spiro atoms. The average molecular weight is 519 g/mol. The van der Waals surface area contributed by atoms with Crippen LogP contribution in [0.2, 0.25) is 0 Å². The SMILES string of the molecule is CC(C)=CC[C@@H]1C[C@@]2(C(=O)c3ccccc3)C(=O)[C@](CC=C(C)C)(C(=O)C3=C2O[C@@H](C(C)(C)O)C3)C1(C)C. The van der Waals surface area contributed by atoms with Gasteiger partial charge in [-0.3, -0.25) is 14.4 Å². The van der Waals surface area contributed by atoms with Gasteiger partial charge >= 0.3 is 0 Å². The molecule has 38 heavy (non-hydrogen) atoms. The number of rotatable bonds is 7. The van der Waals surface area contributed by atoms with E-state index in [4.69, 9.17) is 4.74 Å². The highest BCUT2D eigenvalue weighted by atomic mass is 16.5. The number of hydrogen-bond donors (Lipinski definition) is 1. The summed E-state index contributed by atoms with van der Waals surface area (Å²) in [4.78, 5) is 44.2. The summed E-state index contributed by atoms with van der Waals surface area (Å²) in [6.07, 6.45) is 4.71. The quantitative estimate of drug-likeness (QED) is 0.251. The Morgan fingerprint density at radius 3 is 2.21 bits per heavy atom. The Morgan fingerprint density at radius 2 is 1.66 bits per heavy atom. The van der Waals surface area contributed by atoms with Crippen LogP contribution in [0.25, 0.3) is 0 Å². The van der Waals surface area contributed by atoms with Crippen LogP contribution in [0, 0.1) is 22.2 Å². The van der Waals surface area contributed by atoms with E-state index in [1.54, 1.807) is 38.1 Å². The van der Waals surface area contributed by atoms with Crippen LogP contribution in [0.15, 0.2) is 65.0 Å². The second kappa shape index (κ2) is 9.44. The standard InChI is InChI=1S/C33H42O5/c1-20(2)14-15-23-19-32(26(34)22-12-10-9-11-13-22)28-24(18-25(38-28)31(7,8)37)27(35)33(29(32)36,30(23,5)6)17-16-21(3)4/h9-14,16,23,25,37H,15,17-19H2,1-8H3/t23-,25-,32+,33+/m1/s1. The topological polar surface area (TPSA) is 80.7 Å². The van der Waals surface area contributed by atoms with E-state index in [2.05, 4.69) is 6.08 Å². The molecule has 2 bridgehead atoms. The molecule has 0 saturated heterocycles. The Kier molecular flexibility index (Phi) is 7.01. The molecule has 0 amide bonds. The zero-order valence-corrected chi connectivity index (χ0v) is 24.1. The van der Waals surface area contributed by atoms with Crippen molar-refractivity contribution in [3.8, 4) is 0 Å². The van der Waals surface area contributed by atoms with E-state index >= 15 is 4.79 Å². The molecular weight excluding hydrogens is 476 g/mol. The molecule has 1 heterocycles. The molecule has 4 rings (SSSR count). The van der Waals surface area contributed by atoms with E-state index < -0.39 is 27.9 Å². The molecule has 1 aliphatic heterocycles. The summed E-state index contributed by atoms with van der Waals surface area (Å²) in [6.45, 7) is 15.3. The van der Waals surface area contributed by atoms with Gasteiger partial charge < -0.3 is 9.84 Å². The van der Waals surface area contributed by atoms with Crippen LogP contribution in [-0.2, 0) is 14.3 Å². The number of aliphatic hydroxyl groups is 1. The predicted molar refractivity (Wildman–Crippen MR) is 148 cm³/mol. The number of carbonyl (C=O) groups is 3. The lowest BCUT2D eigenvalue weighted by Gasteiger charge is -2.59. The number of ketones is 3. The number of Topliss-reactive ketones (excluding diaryl/α,β-unsaturated/α-hetero) is 3.